The van der Waals surface area contributed by atoms with Gasteiger partial charge in [0.1, 0.15) is 11.6 Å². The number of ether oxygens (including phenoxy) is 1. The van der Waals surface area contributed by atoms with E-state index in [-0.39, 0.29) is 11.7 Å². The molecule has 0 N–H and O–H groups in total. The van der Waals surface area contributed by atoms with Crippen molar-refractivity contribution in [1.29, 1.82) is 0 Å². The van der Waals surface area contributed by atoms with Gasteiger partial charge in [0.15, 0.2) is 0 Å². The van der Waals surface area contributed by atoms with Gasteiger partial charge in [-0.05, 0) is 55.3 Å². The number of rotatable bonds is 7. The molecule has 1 aliphatic rings. The molecular formula is C23H30FN3O2. The van der Waals surface area contributed by atoms with Crippen molar-refractivity contribution in [3.05, 3.63) is 59.9 Å². The van der Waals surface area contributed by atoms with Gasteiger partial charge in [0, 0.05) is 45.5 Å². The molecular weight excluding hydrogens is 369 g/mol. The number of nitrogens with zero attached hydrogens (tertiary/aromatic N) is 3. The van der Waals surface area contributed by atoms with Crippen molar-refractivity contribution in [2.75, 3.05) is 51.3 Å². The molecule has 29 heavy (non-hydrogen) atoms. The van der Waals surface area contributed by atoms with Crippen molar-refractivity contribution < 1.29 is 13.9 Å². The Hall–Kier alpha value is -2.60. The van der Waals surface area contributed by atoms with E-state index in [1.54, 1.807) is 4.90 Å². The highest BCUT2D eigenvalue weighted by molar-refractivity contribution is 5.78. The quantitative estimate of drug-likeness (QED) is 0.715. The maximum Gasteiger partial charge on any atom is 0.236 e. The van der Waals surface area contributed by atoms with Crippen LogP contribution in [-0.2, 0) is 11.3 Å². The molecule has 5 nitrogen and oxygen atoms in total. The fraction of sp³-hybridized carbons (Fsp3) is 0.435. The Balaban J connectivity index is 1.48. The van der Waals surface area contributed by atoms with E-state index in [0.29, 0.717) is 19.7 Å². The summed E-state index contributed by atoms with van der Waals surface area (Å²) in [6, 6.07) is 14.5. The molecule has 1 saturated heterocycles. The van der Waals surface area contributed by atoms with Gasteiger partial charge in [-0.15, -0.1) is 0 Å². The summed E-state index contributed by atoms with van der Waals surface area (Å²) in [5.74, 6) is 0.751. The van der Waals surface area contributed by atoms with Gasteiger partial charge in [0.05, 0.1) is 13.2 Å². The first-order chi connectivity index (χ1) is 14.0. The zero-order valence-electron chi connectivity index (χ0n) is 17.3. The molecule has 0 radical (unpaired) electrons. The molecule has 0 aliphatic carbocycles. The number of hydrogen-bond acceptors (Lipinski definition) is 4. The second-order valence-electron chi connectivity index (χ2n) is 7.42. The van der Waals surface area contributed by atoms with E-state index in [1.165, 1.54) is 12.1 Å². The lowest BCUT2D eigenvalue weighted by atomic mass is 10.2. The predicted octanol–water partition coefficient (Wildman–Crippen LogP) is 3.40. The Kier molecular flexibility index (Phi) is 7.47. The Morgan fingerprint density at radius 2 is 1.76 bits per heavy atom. The van der Waals surface area contributed by atoms with E-state index >= 15 is 0 Å². The summed E-state index contributed by atoms with van der Waals surface area (Å²) in [6.45, 7) is 7.07. The molecule has 2 aromatic rings. The molecule has 0 unspecified atom stereocenters. The molecule has 0 atom stereocenters. The SMILES string of the molecule is CCOc1ccc(CN(C)C(=O)CN2CCCN(c3ccc(F)cc3)CC2)cc1. The van der Waals surface area contributed by atoms with Crippen LogP contribution in [0, 0.1) is 5.82 Å². The van der Waals surface area contributed by atoms with Gasteiger partial charge in [-0.2, -0.15) is 0 Å². The molecule has 2 aromatic carbocycles. The van der Waals surface area contributed by atoms with E-state index in [9.17, 15) is 9.18 Å². The minimum atomic E-state index is -0.216. The van der Waals surface area contributed by atoms with Crippen molar-refractivity contribution in [3.8, 4) is 5.75 Å². The molecule has 0 saturated carbocycles. The van der Waals surface area contributed by atoms with Gasteiger partial charge >= 0.3 is 0 Å². The standard InChI is InChI=1S/C23H30FN3O2/c1-3-29-22-11-5-19(6-12-22)17-25(2)23(28)18-26-13-4-14-27(16-15-26)21-9-7-20(24)8-10-21/h5-12H,3-4,13-18H2,1-2H3. The Morgan fingerprint density at radius 1 is 1.03 bits per heavy atom. The van der Waals surface area contributed by atoms with Gasteiger partial charge in [-0.1, -0.05) is 12.1 Å². The smallest absolute Gasteiger partial charge is 0.236 e. The largest absolute Gasteiger partial charge is 0.494 e. The average Bonchev–Trinajstić information content (AvgIpc) is 2.96. The molecule has 3 rings (SSSR count). The van der Waals surface area contributed by atoms with Crippen LogP contribution in [0.25, 0.3) is 0 Å². The lowest BCUT2D eigenvalue weighted by Gasteiger charge is -2.25. The lowest BCUT2D eigenvalue weighted by molar-refractivity contribution is -0.131. The molecule has 1 aliphatic heterocycles. The third kappa shape index (κ3) is 6.19. The van der Waals surface area contributed by atoms with Crippen molar-refractivity contribution >= 4 is 11.6 Å². The first-order valence-electron chi connectivity index (χ1n) is 10.2. The maximum atomic E-state index is 13.2. The third-order valence-electron chi connectivity index (χ3n) is 5.22. The average molecular weight is 400 g/mol. The minimum Gasteiger partial charge on any atom is -0.494 e. The summed E-state index contributed by atoms with van der Waals surface area (Å²) < 4.78 is 18.6. The monoisotopic (exact) mass is 399 g/mol. The highest BCUT2D eigenvalue weighted by Crippen LogP contribution is 2.17. The molecule has 1 heterocycles. The molecule has 1 fully saturated rings. The van der Waals surface area contributed by atoms with Crippen LogP contribution < -0.4 is 9.64 Å². The number of anilines is 1. The van der Waals surface area contributed by atoms with Crippen LogP contribution >= 0.6 is 0 Å². The number of hydrogen-bond donors (Lipinski definition) is 0. The summed E-state index contributed by atoms with van der Waals surface area (Å²) in [5.41, 5.74) is 2.12. The van der Waals surface area contributed by atoms with Crippen LogP contribution in [0.15, 0.2) is 48.5 Å². The second-order valence-corrected chi connectivity index (χ2v) is 7.42. The first-order valence-corrected chi connectivity index (χ1v) is 10.2. The molecule has 6 heteroatoms. The van der Waals surface area contributed by atoms with Crippen molar-refractivity contribution in [3.63, 3.8) is 0 Å². The van der Waals surface area contributed by atoms with E-state index in [2.05, 4.69) is 9.80 Å². The second kappa shape index (κ2) is 10.3. The van der Waals surface area contributed by atoms with Crippen LogP contribution in [0.4, 0.5) is 10.1 Å². The fourth-order valence-electron chi connectivity index (χ4n) is 3.57. The Morgan fingerprint density at radius 3 is 2.45 bits per heavy atom. The molecule has 156 valence electrons. The van der Waals surface area contributed by atoms with Gasteiger partial charge in [-0.3, -0.25) is 9.69 Å². The maximum absolute atomic E-state index is 13.2. The zero-order chi connectivity index (χ0) is 20.6. The van der Waals surface area contributed by atoms with Crippen molar-refractivity contribution in [1.82, 2.24) is 9.80 Å². The van der Waals surface area contributed by atoms with E-state index in [4.69, 9.17) is 4.74 Å². The summed E-state index contributed by atoms with van der Waals surface area (Å²) >= 11 is 0. The summed E-state index contributed by atoms with van der Waals surface area (Å²) in [7, 11) is 1.85. The van der Waals surface area contributed by atoms with Gasteiger partial charge in [-0.25, -0.2) is 4.39 Å². The van der Waals surface area contributed by atoms with Crippen molar-refractivity contribution in [2.24, 2.45) is 0 Å². The van der Waals surface area contributed by atoms with Crippen LogP contribution in [0.5, 0.6) is 5.75 Å². The van der Waals surface area contributed by atoms with Gasteiger partial charge in [0.2, 0.25) is 5.91 Å². The summed E-state index contributed by atoms with van der Waals surface area (Å²) in [4.78, 5) is 18.9. The Bertz CT molecular complexity index is 780. The number of halogens is 1. The first kappa shape index (κ1) is 21.1. The lowest BCUT2D eigenvalue weighted by Crippen LogP contribution is -2.40. The van der Waals surface area contributed by atoms with E-state index < -0.39 is 0 Å². The number of amides is 1. The number of likely N-dealkylation sites (N-methyl/N-ethyl adjacent to an activating group) is 1. The normalized spacial score (nSPS) is 15.1. The molecule has 0 bridgehead atoms. The molecule has 1 amide bonds. The van der Waals surface area contributed by atoms with E-state index in [0.717, 1.165) is 49.6 Å². The predicted molar refractivity (Wildman–Crippen MR) is 114 cm³/mol. The van der Waals surface area contributed by atoms with Crippen LogP contribution in [0.1, 0.15) is 18.9 Å². The van der Waals surface area contributed by atoms with Gasteiger partial charge in [0.25, 0.3) is 0 Å². The zero-order valence-corrected chi connectivity index (χ0v) is 17.3. The topological polar surface area (TPSA) is 36.0 Å². The van der Waals surface area contributed by atoms with Crippen LogP contribution in [0.3, 0.4) is 0 Å². The summed E-state index contributed by atoms with van der Waals surface area (Å²) in [6.07, 6.45) is 0.979. The number of carbonyl (C=O) groups excluding carboxylic acids is 1. The fourth-order valence-corrected chi connectivity index (χ4v) is 3.57. The van der Waals surface area contributed by atoms with Gasteiger partial charge < -0.3 is 14.5 Å². The third-order valence-corrected chi connectivity index (χ3v) is 5.22. The van der Waals surface area contributed by atoms with Crippen LogP contribution in [0.2, 0.25) is 0 Å². The highest BCUT2D eigenvalue weighted by Gasteiger charge is 2.19. The Labute approximate surface area is 172 Å². The van der Waals surface area contributed by atoms with Crippen LogP contribution in [-0.4, -0.2) is 62.1 Å². The highest BCUT2D eigenvalue weighted by atomic mass is 19.1. The molecule has 0 spiro atoms. The molecule has 0 aromatic heterocycles. The minimum absolute atomic E-state index is 0.120. The van der Waals surface area contributed by atoms with E-state index in [1.807, 2.05) is 50.4 Å². The number of carbonyl (C=O) groups is 1. The van der Waals surface area contributed by atoms with Crippen molar-refractivity contribution in [2.45, 2.75) is 19.9 Å². The number of benzene rings is 2. The summed E-state index contributed by atoms with van der Waals surface area (Å²) in [5, 5.41) is 0.